The molecule has 21 heavy (non-hydrogen) atoms. The van der Waals surface area contributed by atoms with Crippen LogP contribution in [0.4, 0.5) is 0 Å². The van der Waals surface area contributed by atoms with Gasteiger partial charge in [0.2, 0.25) is 0 Å². The summed E-state index contributed by atoms with van der Waals surface area (Å²) in [5, 5.41) is 3.44. The largest absolute Gasteiger partial charge is 0.489 e. The van der Waals surface area contributed by atoms with E-state index in [1.165, 1.54) is 16.7 Å². The average molecular weight is 280 g/mol. The molecule has 1 fully saturated rings. The topological polar surface area (TPSA) is 24.5 Å². The van der Waals surface area contributed by atoms with E-state index in [-0.39, 0.29) is 0 Å². The maximum atomic E-state index is 6.05. The molecule has 2 aliphatic heterocycles. The van der Waals surface area contributed by atoms with Crippen molar-refractivity contribution in [2.45, 2.75) is 12.6 Å². The molecule has 0 saturated carbocycles. The molecule has 0 spiro atoms. The number of para-hydroxylation sites is 1. The van der Waals surface area contributed by atoms with Gasteiger partial charge in [0.05, 0.1) is 6.04 Å². The van der Waals surface area contributed by atoms with E-state index in [2.05, 4.69) is 58.7 Å². The molecule has 1 atom stereocenters. The van der Waals surface area contributed by atoms with E-state index in [1.807, 2.05) is 0 Å². The molecular formula is C18H20N2O. The van der Waals surface area contributed by atoms with Crippen LogP contribution in [-0.2, 0) is 6.61 Å². The Bertz CT molecular complexity index is 587. The van der Waals surface area contributed by atoms with Crippen LogP contribution in [0, 0.1) is 0 Å². The Morgan fingerprint density at radius 2 is 1.62 bits per heavy atom. The summed E-state index contributed by atoms with van der Waals surface area (Å²) in [4.78, 5) is 2.57. The van der Waals surface area contributed by atoms with Crippen LogP contribution in [0.2, 0.25) is 0 Å². The maximum absolute atomic E-state index is 6.05. The fraction of sp³-hybridized carbons (Fsp3) is 0.333. The highest BCUT2D eigenvalue weighted by molar-refractivity contribution is 5.46. The third-order valence-corrected chi connectivity index (χ3v) is 4.46. The first-order valence-corrected chi connectivity index (χ1v) is 7.68. The van der Waals surface area contributed by atoms with Crippen molar-refractivity contribution in [1.82, 2.24) is 10.2 Å². The maximum Gasteiger partial charge on any atom is 0.124 e. The van der Waals surface area contributed by atoms with Crippen LogP contribution in [0.3, 0.4) is 0 Å². The van der Waals surface area contributed by atoms with Crippen LogP contribution in [0.15, 0.2) is 48.5 Å². The van der Waals surface area contributed by atoms with Crippen molar-refractivity contribution in [3.05, 3.63) is 65.2 Å². The van der Waals surface area contributed by atoms with E-state index in [0.29, 0.717) is 12.6 Å². The molecule has 0 aliphatic carbocycles. The minimum Gasteiger partial charge on any atom is -0.489 e. The number of ether oxygens (including phenoxy) is 1. The predicted molar refractivity (Wildman–Crippen MR) is 83.5 cm³/mol. The molecule has 108 valence electrons. The Labute approximate surface area is 125 Å². The smallest absolute Gasteiger partial charge is 0.124 e. The molecular weight excluding hydrogens is 260 g/mol. The lowest BCUT2D eigenvalue weighted by molar-refractivity contribution is 0.197. The van der Waals surface area contributed by atoms with Gasteiger partial charge in [-0.3, -0.25) is 4.90 Å². The quantitative estimate of drug-likeness (QED) is 0.869. The third kappa shape index (κ3) is 2.33. The molecule has 2 aromatic carbocycles. The standard InChI is InChI=1S/C18H20N2O/c1-2-6-15-14(5-1)13-21-17-8-4-3-7-16(17)18(15)20-11-9-19-10-12-20/h1-8,18-19H,9-13H2. The summed E-state index contributed by atoms with van der Waals surface area (Å²) in [5.41, 5.74) is 3.99. The number of nitrogens with one attached hydrogen (secondary N) is 1. The number of rotatable bonds is 1. The highest BCUT2D eigenvalue weighted by Crippen LogP contribution is 2.39. The van der Waals surface area contributed by atoms with Gasteiger partial charge in [-0.05, 0) is 17.2 Å². The number of hydrogen-bond acceptors (Lipinski definition) is 3. The molecule has 1 unspecified atom stereocenters. The molecule has 3 heteroatoms. The molecule has 4 rings (SSSR count). The summed E-state index contributed by atoms with van der Waals surface area (Å²) in [6.07, 6.45) is 0. The SMILES string of the molecule is c1ccc2c(c1)COc1ccccc1C2N1CCNCC1. The summed E-state index contributed by atoms with van der Waals surface area (Å²) in [6.45, 7) is 4.93. The van der Waals surface area contributed by atoms with Crippen LogP contribution in [0.25, 0.3) is 0 Å². The van der Waals surface area contributed by atoms with Gasteiger partial charge in [-0.15, -0.1) is 0 Å². The molecule has 0 bridgehead atoms. The van der Waals surface area contributed by atoms with Crippen molar-refractivity contribution in [1.29, 1.82) is 0 Å². The lowest BCUT2D eigenvalue weighted by Gasteiger charge is -2.35. The van der Waals surface area contributed by atoms with Gasteiger partial charge in [-0.25, -0.2) is 0 Å². The summed E-state index contributed by atoms with van der Waals surface area (Å²) in [5.74, 6) is 1.03. The zero-order valence-electron chi connectivity index (χ0n) is 12.1. The molecule has 0 aromatic heterocycles. The second-order valence-electron chi connectivity index (χ2n) is 5.71. The summed E-state index contributed by atoms with van der Waals surface area (Å²) in [7, 11) is 0. The van der Waals surface area contributed by atoms with E-state index >= 15 is 0 Å². The molecule has 0 amide bonds. The van der Waals surface area contributed by atoms with Gasteiger partial charge in [0, 0.05) is 31.7 Å². The van der Waals surface area contributed by atoms with E-state index < -0.39 is 0 Å². The van der Waals surface area contributed by atoms with Crippen molar-refractivity contribution in [3.8, 4) is 5.75 Å². The first-order valence-electron chi connectivity index (χ1n) is 7.68. The fourth-order valence-electron chi connectivity index (χ4n) is 3.43. The minimum atomic E-state index is 0.307. The highest BCUT2D eigenvalue weighted by atomic mass is 16.5. The van der Waals surface area contributed by atoms with Crippen molar-refractivity contribution in [2.24, 2.45) is 0 Å². The molecule has 1 saturated heterocycles. The third-order valence-electron chi connectivity index (χ3n) is 4.46. The molecule has 2 aliphatic rings. The van der Waals surface area contributed by atoms with Crippen molar-refractivity contribution >= 4 is 0 Å². The fourth-order valence-corrected chi connectivity index (χ4v) is 3.43. The van der Waals surface area contributed by atoms with Gasteiger partial charge in [-0.2, -0.15) is 0 Å². The molecule has 2 heterocycles. The van der Waals surface area contributed by atoms with Gasteiger partial charge in [0.25, 0.3) is 0 Å². The Hall–Kier alpha value is -1.84. The summed E-state index contributed by atoms with van der Waals surface area (Å²) >= 11 is 0. The zero-order chi connectivity index (χ0) is 14.1. The number of fused-ring (bicyclic) bond motifs is 2. The lowest BCUT2D eigenvalue weighted by atomic mass is 9.93. The van der Waals surface area contributed by atoms with Crippen LogP contribution in [-0.4, -0.2) is 31.1 Å². The summed E-state index contributed by atoms with van der Waals surface area (Å²) in [6, 6.07) is 17.5. The minimum absolute atomic E-state index is 0.307. The van der Waals surface area contributed by atoms with E-state index in [1.54, 1.807) is 0 Å². The Morgan fingerprint density at radius 3 is 2.48 bits per heavy atom. The number of piperazine rings is 1. The van der Waals surface area contributed by atoms with Gasteiger partial charge in [0.15, 0.2) is 0 Å². The normalized spacial score (nSPS) is 21.8. The van der Waals surface area contributed by atoms with Crippen LogP contribution >= 0.6 is 0 Å². The molecule has 0 radical (unpaired) electrons. The second kappa shape index (κ2) is 5.51. The second-order valence-corrected chi connectivity index (χ2v) is 5.71. The molecule has 3 nitrogen and oxygen atoms in total. The average Bonchev–Trinajstić information content (AvgIpc) is 2.72. The Morgan fingerprint density at radius 1 is 0.905 bits per heavy atom. The number of benzene rings is 2. The van der Waals surface area contributed by atoms with E-state index in [4.69, 9.17) is 4.74 Å². The number of nitrogens with zero attached hydrogens (tertiary/aromatic N) is 1. The van der Waals surface area contributed by atoms with Crippen molar-refractivity contribution in [3.63, 3.8) is 0 Å². The zero-order valence-corrected chi connectivity index (χ0v) is 12.1. The Kier molecular flexibility index (Phi) is 3.37. The summed E-state index contributed by atoms with van der Waals surface area (Å²) < 4.78 is 6.05. The van der Waals surface area contributed by atoms with Crippen LogP contribution < -0.4 is 10.1 Å². The van der Waals surface area contributed by atoms with Gasteiger partial charge in [-0.1, -0.05) is 42.5 Å². The van der Waals surface area contributed by atoms with Crippen LogP contribution in [0.5, 0.6) is 5.75 Å². The highest BCUT2D eigenvalue weighted by Gasteiger charge is 2.29. The van der Waals surface area contributed by atoms with Gasteiger partial charge >= 0.3 is 0 Å². The predicted octanol–water partition coefficient (Wildman–Crippen LogP) is 2.57. The van der Waals surface area contributed by atoms with E-state index in [9.17, 15) is 0 Å². The van der Waals surface area contributed by atoms with Gasteiger partial charge < -0.3 is 10.1 Å². The van der Waals surface area contributed by atoms with Crippen molar-refractivity contribution < 1.29 is 4.74 Å². The van der Waals surface area contributed by atoms with Crippen LogP contribution in [0.1, 0.15) is 22.7 Å². The first-order chi connectivity index (χ1) is 10.4. The molecule has 1 N–H and O–H groups in total. The lowest BCUT2D eigenvalue weighted by Crippen LogP contribution is -2.45. The van der Waals surface area contributed by atoms with E-state index in [0.717, 1.165) is 31.9 Å². The van der Waals surface area contributed by atoms with Gasteiger partial charge in [0.1, 0.15) is 12.4 Å². The Balaban J connectivity index is 1.85. The number of hydrogen-bond donors (Lipinski definition) is 1. The first kappa shape index (κ1) is 12.9. The van der Waals surface area contributed by atoms with Crippen molar-refractivity contribution in [2.75, 3.05) is 26.2 Å². The molecule has 2 aromatic rings. The monoisotopic (exact) mass is 280 g/mol.